The highest BCUT2D eigenvalue weighted by molar-refractivity contribution is 5.98. The van der Waals surface area contributed by atoms with Gasteiger partial charge in [-0.25, -0.2) is 18.8 Å². The van der Waals surface area contributed by atoms with Gasteiger partial charge in [-0.1, -0.05) is 38.2 Å². The van der Waals surface area contributed by atoms with Crippen LogP contribution in [0.15, 0.2) is 41.7 Å². The minimum atomic E-state index is -0.685. The number of fused-ring (bicyclic) bond motifs is 1. The van der Waals surface area contributed by atoms with E-state index in [4.69, 9.17) is 0 Å². The topological polar surface area (TPSA) is 120 Å². The van der Waals surface area contributed by atoms with E-state index in [1.165, 1.54) is 18.2 Å². The number of carbonyl (C=O) groups is 1. The summed E-state index contributed by atoms with van der Waals surface area (Å²) >= 11 is 0. The third-order valence-corrected chi connectivity index (χ3v) is 7.39. The van der Waals surface area contributed by atoms with Gasteiger partial charge in [-0.15, -0.1) is 0 Å². The number of nitrogens with one attached hydrogen (secondary N) is 4. The Morgan fingerprint density at radius 2 is 1.92 bits per heavy atom. The summed E-state index contributed by atoms with van der Waals surface area (Å²) in [5, 5.41) is 9.30. The highest BCUT2D eigenvalue weighted by Crippen LogP contribution is 2.29. The van der Waals surface area contributed by atoms with E-state index in [-0.39, 0.29) is 17.3 Å². The second kappa shape index (κ2) is 12.4. The summed E-state index contributed by atoms with van der Waals surface area (Å²) in [4.78, 5) is 50.8. The van der Waals surface area contributed by atoms with Crippen molar-refractivity contribution in [3.63, 3.8) is 0 Å². The first kappa shape index (κ1) is 26.2. The fraction of sp³-hybridized carbons (Fsp3) is 0.464. The quantitative estimate of drug-likeness (QED) is 0.368. The molecule has 1 amide bonds. The number of hydrogen-bond acceptors (Lipinski definition) is 6. The molecule has 1 saturated heterocycles. The number of carbonyl (C=O) groups excluding carboxylic acids is 4. The van der Waals surface area contributed by atoms with Crippen molar-refractivity contribution in [1.29, 1.82) is 0 Å². The Balaban J connectivity index is 1.55. The van der Waals surface area contributed by atoms with E-state index in [9.17, 15) is 23.6 Å². The lowest BCUT2D eigenvalue weighted by molar-refractivity contribution is 0.0930. The van der Waals surface area contributed by atoms with Crippen molar-refractivity contribution in [2.75, 3.05) is 6.54 Å². The first-order valence-electron chi connectivity index (χ1n) is 12.8. The molecule has 4 N–H and O–H groups in total. The van der Waals surface area contributed by atoms with Crippen LogP contribution in [0.3, 0.4) is 0 Å². The van der Waals surface area contributed by atoms with Crippen molar-refractivity contribution >= 4 is 34.6 Å². The zero-order valence-electron chi connectivity index (χ0n) is 20.6. The predicted octanol–water partition coefficient (Wildman–Crippen LogP) is 3.15. The summed E-state index contributed by atoms with van der Waals surface area (Å²) in [6, 6.07) is 4.75. The Morgan fingerprint density at radius 3 is 2.62 bits per heavy atom. The highest BCUT2D eigenvalue weighted by atomic mass is 19.1. The maximum Gasteiger partial charge on any atom is 0.268 e. The fourth-order valence-electron chi connectivity index (χ4n) is 5.46. The van der Waals surface area contributed by atoms with Gasteiger partial charge in [0.05, 0.1) is 17.8 Å². The fourth-order valence-corrected chi connectivity index (χ4v) is 5.46. The molecule has 0 bridgehead atoms. The molecule has 8 nitrogen and oxygen atoms in total. The van der Waals surface area contributed by atoms with E-state index >= 15 is 0 Å². The molecular weight excluding hydrogens is 475 g/mol. The van der Waals surface area contributed by atoms with Crippen molar-refractivity contribution in [3.05, 3.63) is 53.2 Å². The van der Waals surface area contributed by atoms with E-state index in [1.54, 1.807) is 18.1 Å². The van der Waals surface area contributed by atoms with Crippen LogP contribution in [0.25, 0.3) is 10.9 Å². The number of H-pyrrole nitrogens is 1. The summed E-state index contributed by atoms with van der Waals surface area (Å²) in [6.07, 6.45) is 8.22. The first-order chi connectivity index (χ1) is 18.0. The highest BCUT2D eigenvalue weighted by Gasteiger charge is 2.29. The largest absolute Gasteiger partial charge is 0.379 e. The molecule has 2 heterocycles. The average molecular weight is 507 g/mol. The normalized spacial score (nSPS) is 19.2. The zero-order valence-corrected chi connectivity index (χ0v) is 20.6. The summed E-state index contributed by atoms with van der Waals surface area (Å²) in [5.41, 5.74) is 1.25. The van der Waals surface area contributed by atoms with E-state index < -0.39 is 23.8 Å². The van der Waals surface area contributed by atoms with Gasteiger partial charge in [-0.05, 0) is 43.4 Å². The van der Waals surface area contributed by atoms with Gasteiger partial charge in [0.25, 0.3) is 5.91 Å². The molecule has 4 rings (SSSR count). The Bertz CT molecular complexity index is 1280. The van der Waals surface area contributed by atoms with Gasteiger partial charge in [0, 0.05) is 29.4 Å². The number of halogens is 1. The molecule has 1 aliphatic carbocycles. The van der Waals surface area contributed by atoms with Crippen LogP contribution in [0.2, 0.25) is 0 Å². The van der Waals surface area contributed by atoms with Crippen molar-refractivity contribution in [2.45, 2.75) is 63.5 Å². The number of allylic oxidation sites excluding steroid dienone is 1. The van der Waals surface area contributed by atoms with Crippen LogP contribution in [0.1, 0.15) is 61.9 Å². The number of benzene rings is 1. The molecule has 194 valence electrons. The van der Waals surface area contributed by atoms with Crippen LogP contribution in [-0.4, -0.2) is 47.3 Å². The molecule has 1 saturated carbocycles. The molecule has 2 aliphatic rings. The lowest BCUT2D eigenvalue weighted by Crippen LogP contribution is -2.44. The van der Waals surface area contributed by atoms with Crippen LogP contribution in [0, 0.1) is 17.7 Å². The van der Waals surface area contributed by atoms with Gasteiger partial charge in [-0.2, -0.15) is 0 Å². The second-order valence-corrected chi connectivity index (χ2v) is 9.86. The lowest BCUT2D eigenvalue weighted by Gasteiger charge is -2.29. The zero-order chi connectivity index (χ0) is 26.2. The molecule has 1 aliphatic heterocycles. The molecule has 0 spiro atoms. The first-order valence-corrected chi connectivity index (χ1v) is 12.8. The molecule has 2 fully saturated rings. The maximum atomic E-state index is 14.2. The van der Waals surface area contributed by atoms with Crippen LogP contribution < -0.4 is 16.0 Å². The molecule has 2 aromatic rings. The molecule has 0 radical (unpaired) electrons. The second-order valence-electron chi connectivity index (χ2n) is 9.86. The van der Waals surface area contributed by atoms with Crippen molar-refractivity contribution in [2.24, 2.45) is 11.8 Å². The van der Waals surface area contributed by atoms with Crippen LogP contribution in [0.5, 0.6) is 0 Å². The third-order valence-electron chi connectivity index (χ3n) is 7.39. The molecule has 1 aromatic carbocycles. The average Bonchev–Trinajstić information content (AvgIpc) is 3.55. The van der Waals surface area contributed by atoms with Gasteiger partial charge >= 0.3 is 0 Å². The van der Waals surface area contributed by atoms with Gasteiger partial charge in [0.15, 0.2) is 0 Å². The molecule has 9 heteroatoms. The van der Waals surface area contributed by atoms with Crippen LogP contribution in [-0.2, 0) is 14.4 Å². The smallest absolute Gasteiger partial charge is 0.268 e. The molecule has 37 heavy (non-hydrogen) atoms. The summed E-state index contributed by atoms with van der Waals surface area (Å²) in [6.45, 7) is 0.634. The maximum absolute atomic E-state index is 14.2. The van der Waals surface area contributed by atoms with E-state index in [0.717, 1.165) is 32.1 Å². The molecule has 0 unspecified atom stereocenters. The molecule has 3 atom stereocenters. The SMILES string of the molecule is O=C=C[C@H](C[C@@H]1CCNC1=C=O)NC(=C=O)[C@H](CC1CCCCC1)NC(=O)c1cc2c(F)cccc2[nH]1. The molecular formula is C28H31FN4O4. The Hall–Kier alpha value is -3.89. The minimum Gasteiger partial charge on any atom is -0.379 e. The Kier molecular flexibility index (Phi) is 8.76. The Morgan fingerprint density at radius 1 is 1.11 bits per heavy atom. The summed E-state index contributed by atoms with van der Waals surface area (Å²) in [5.74, 6) is 4.89. The summed E-state index contributed by atoms with van der Waals surface area (Å²) in [7, 11) is 0. The van der Waals surface area contributed by atoms with Gasteiger partial charge in [0.1, 0.15) is 35.0 Å². The monoisotopic (exact) mass is 506 g/mol. The molecule has 1 aromatic heterocycles. The van der Waals surface area contributed by atoms with Gasteiger partial charge < -0.3 is 20.9 Å². The number of aromatic nitrogens is 1. The number of aromatic amines is 1. The van der Waals surface area contributed by atoms with Crippen molar-refractivity contribution in [3.8, 4) is 0 Å². The minimum absolute atomic E-state index is 0.125. The number of rotatable bonds is 10. The number of amides is 1. The van der Waals surface area contributed by atoms with Gasteiger partial charge in [0.2, 0.25) is 0 Å². The van der Waals surface area contributed by atoms with E-state index in [0.29, 0.717) is 48.3 Å². The standard InChI is InChI=1S/C28H31FN4O4/c29-22-7-4-8-23-21(22)15-25(32-23)28(37)33-24(13-18-5-2-1-3-6-18)27(17-36)31-20(10-12-34)14-19-9-11-30-26(19)16-35/h4,7-8,10,15,18-20,24,30-32H,1-3,5-6,9,11,13-14H2,(H,33,37)/t19-,20+,24-/m0/s1. The lowest BCUT2D eigenvalue weighted by atomic mass is 9.84. The summed E-state index contributed by atoms with van der Waals surface area (Å²) < 4.78 is 14.2. The van der Waals surface area contributed by atoms with Crippen LogP contribution >= 0.6 is 0 Å². The Labute approximate surface area is 214 Å². The van der Waals surface area contributed by atoms with Crippen molar-refractivity contribution < 1.29 is 23.6 Å². The van der Waals surface area contributed by atoms with Gasteiger partial charge in [-0.3, -0.25) is 4.79 Å². The number of hydrogen-bond donors (Lipinski definition) is 4. The predicted molar refractivity (Wildman–Crippen MR) is 137 cm³/mol. The van der Waals surface area contributed by atoms with E-state index in [2.05, 4.69) is 20.9 Å². The third kappa shape index (κ3) is 6.46. The van der Waals surface area contributed by atoms with E-state index in [1.807, 2.05) is 11.9 Å². The van der Waals surface area contributed by atoms with Crippen LogP contribution in [0.4, 0.5) is 4.39 Å². The van der Waals surface area contributed by atoms with Crippen molar-refractivity contribution in [1.82, 2.24) is 20.9 Å².